The van der Waals surface area contributed by atoms with Crippen molar-refractivity contribution in [3.63, 3.8) is 0 Å². The minimum absolute atomic E-state index is 0.189. The summed E-state index contributed by atoms with van der Waals surface area (Å²) in [4.78, 5) is 16.6. The van der Waals surface area contributed by atoms with Crippen molar-refractivity contribution in [3.8, 4) is 0 Å². The maximum atomic E-state index is 12.1. The zero-order chi connectivity index (χ0) is 16.4. The Morgan fingerprint density at radius 3 is 2.38 bits per heavy atom. The summed E-state index contributed by atoms with van der Waals surface area (Å²) in [5.74, 6) is -0.379. The molecule has 0 unspecified atom stereocenters. The molecule has 0 aliphatic heterocycles. The number of carbonyl (C=O) groups is 1. The molecule has 1 aromatic heterocycles. The summed E-state index contributed by atoms with van der Waals surface area (Å²) in [6.07, 6.45) is 1.51. The number of esters is 1. The third kappa shape index (κ3) is 5.84. The van der Waals surface area contributed by atoms with Gasteiger partial charge in [-0.3, -0.25) is 0 Å². The highest BCUT2D eigenvalue weighted by molar-refractivity contribution is 7.84. The Balaban J connectivity index is 2.75. The third-order valence-corrected chi connectivity index (χ3v) is 5.17. The van der Waals surface area contributed by atoms with Crippen molar-refractivity contribution in [2.75, 3.05) is 0 Å². The van der Waals surface area contributed by atoms with Crippen LogP contribution in [-0.2, 0) is 15.7 Å². The summed E-state index contributed by atoms with van der Waals surface area (Å²) >= 11 is 1.26. The van der Waals surface area contributed by atoms with E-state index in [4.69, 9.17) is 4.74 Å². The van der Waals surface area contributed by atoms with Gasteiger partial charge in [0.25, 0.3) is 0 Å². The maximum absolute atomic E-state index is 12.1. The van der Waals surface area contributed by atoms with Crippen molar-refractivity contribution < 1.29 is 13.7 Å². The molecule has 1 N–H and O–H groups in total. The first kappa shape index (κ1) is 18.3. The lowest BCUT2D eigenvalue weighted by Gasteiger charge is -2.20. The summed E-state index contributed by atoms with van der Waals surface area (Å²) in [5.41, 5.74) is -0.529. The van der Waals surface area contributed by atoms with Crippen LogP contribution in [0.5, 0.6) is 0 Å². The van der Waals surface area contributed by atoms with Crippen LogP contribution < -0.4 is 4.72 Å². The molecule has 0 aliphatic rings. The first-order valence-electron chi connectivity index (χ1n) is 6.77. The highest BCUT2D eigenvalue weighted by Crippen LogP contribution is 2.23. The van der Waals surface area contributed by atoms with Gasteiger partial charge in [0.2, 0.25) is 0 Å². The maximum Gasteiger partial charge on any atom is 0.350 e. The van der Waals surface area contributed by atoms with E-state index in [0.29, 0.717) is 9.88 Å². The van der Waals surface area contributed by atoms with Crippen LogP contribution in [0.2, 0.25) is 0 Å². The third-order valence-electron chi connectivity index (χ3n) is 2.33. The number of carbonyl (C=O) groups excluding carboxylic acids is 1. The zero-order valence-corrected chi connectivity index (χ0v) is 15.3. The lowest BCUT2D eigenvalue weighted by Crippen LogP contribution is -2.34. The van der Waals surface area contributed by atoms with Gasteiger partial charge < -0.3 is 4.74 Å². The molecule has 0 spiro atoms. The molecule has 21 heavy (non-hydrogen) atoms. The largest absolute Gasteiger partial charge is 0.456 e. The van der Waals surface area contributed by atoms with Gasteiger partial charge in [0, 0.05) is 0 Å². The molecule has 1 heterocycles. The predicted octanol–water partition coefficient (Wildman–Crippen LogP) is 3.21. The smallest absolute Gasteiger partial charge is 0.350 e. The van der Waals surface area contributed by atoms with Crippen molar-refractivity contribution >= 4 is 28.3 Å². The monoisotopic (exact) mass is 332 g/mol. The molecule has 0 saturated carbocycles. The van der Waals surface area contributed by atoms with Crippen LogP contribution in [0.25, 0.3) is 0 Å². The second-order valence-electron chi connectivity index (χ2n) is 6.79. The topological polar surface area (TPSA) is 68.3 Å². The number of rotatable bonds is 4. The summed E-state index contributed by atoms with van der Waals surface area (Å²) in [7, 11) is -1.18. The Morgan fingerprint density at radius 1 is 1.33 bits per heavy atom. The van der Waals surface area contributed by atoms with Gasteiger partial charge in [-0.2, -0.15) is 0 Å². The molecule has 0 radical (unpaired) electrons. The van der Waals surface area contributed by atoms with E-state index in [-0.39, 0.29) is 16.8 Å². The van der Waals surface area contributed by atoms with E-state index in [0.717, 1.165) is 0 Å². The van der Waals surface area contributed by atoms with E-state index in [9.17, 15) is 9.00 Å². The molecule has 2 atom stereocenters. The molecule has 0 saturated heterocycles. The lowest BCUT2D eigenvalue weighted by molar-refractivity contribution is 0.00749. The highest BCUT2D eigenvalue weighted by Gasteiger charge is 2.24. The molecule has 0 aliphatic carbocycles. The molecular formula is C14H24N2O3S2. The molecule has 0 bridgehead atoms. The first-order chi connectivity index (χ1) is 9.40. The molecule has 0 aromatic carbocycles. The number of hydrogen-bond donors (Lipinski definition) is 1. The Morgan fingerprint density at radius 2 is 1.90 bits per heavy atom. The molecular weight excluding hydrogens is 308 g/mol. The lowest BCUT2D eigenvalue weighted by atomic mass is 10.2. The predicted molar refractivity (Wildman–Crippen MR) is 86.7 cm³/mol. The van der Waals surface area contributed by atoms with Crippen molar-refractivity contribution in [1.29, 1.82) is 0 Å². The number of nitrogens with one attached hydrogen (secondary N) is 1. The van der Waals surface area contributed by atoms with Crippen LogP contribution in [-0.4, -0.2) is 25.5 Å². The van der Waals surface area contributed by atoms with Crippen molar-refractivity contribution in [3.05, 3.63) is 16.1 Å². The Kier molecular flexibility index (Phi) is 5.69. The zero-order valence-electron chi connectivity index (χ0n) is 13.6. The number of hydrogen-bond acceptors (Lipinski definition) is 5. The Hall–Kier alpha value is -0.790. The van der Waals surface area contributed by atoms with Crippen molar-refractivity contribution in [1.82, 2.24) is 9.71 Å². The van der Waals surface area contributed by atoms with Gasteiger partial charge in [0.1, 0.15) is 15.5 Å². The SMILES string of the molecule is C[C@H](N[S@@](=O)C(C)(C)C)c1ncc(C(=O)OC(C)(C)C)s1. The van der Waals surface area contributed by atoms with Crippen LogP contribution in [0.15, 0.2) is 6.20 Å². The van der Waals surface area contributed by atoms with Crippen LogP contribution in [0, 0.1) is 0 Å². The molecule has 0 fully saturated rings. The standard InChI is InChI=1S/C14H24N2O3S2/c1-9(16-21(18)14(5,6)7)11-15-8-10(20-11)12(17)19-13(2,3)4/h8-9,16H,1-7H3/t9-,21-/m0/s1. The fourth-order valence-electron chi connectivity index (χ4n) is 1.30. The van der Waals surface area contributed by atoms with E-state index in [1.165, 1.54) is 17.5 Å². The fourth-order valence-corrected chi connectivity index (χ4v) is 2.96. The number of thiazole rings is 1. The quantitative estimate of drug-likeness (QED) is 0.860. The highest BCUT2D eigenvalue weighted by atomic mass is 32.2. The summed E-state index contributed by atoms with van der Waals surface area (Å²) in [6.45, 7) is 13.0. The second kappa shape index (κ2) is 6.54. The van der Waals surface area contributed by atoms with E-state index in [2.05, 4.69) is 9.71 Å². The molecule has 5 nitrogen and oxygen atoms in total. The first-order valence-corrected chi connectivity index (χ1v) is 8.74. The average Bonchev–Trinajstić information content (AvgIpc) is 2.74. The van der Waals surface area contributed by atoms with Crippen LogP contribution in [0.1, 0.15) is 69.2 Å². The Bertz CT molecular complexity index is 527. The normalized spacial score (nSPS) is 15.6. The molecule has 1 aromatic rings. The van der Waals surface area contributed by atoms with Gasteiger partial charge in [0.05, 0.1) is 28.0 Å². The molecule has 7 heteroatoms. The van der Waals surface area contributed by atoms with Gasteiger partial charge in [-0.1, -0.05) is 0 Å². The summed E-state index contributed by atoms with van der Waals surface area (Å²) in [6, 6.07) is -0.189. The van der Waals surface area contributed by atoms with Gasteiger partial charge in [-0.25, -0.2) is 18.7 Å². The van der Waals surface area contributed by atoms with E-state index >= 15 is 0 Å². The van der Waals surface area contributed by atoms with E-state index in [1.807, 2.05) is 48.5 Å². The minimum Gasteiger partial charge on any atom is -0.456 e. The van der Waals surface area contributed by atoms with Gasteiger partial charge in [0.15, 0.2) is 0 Å². The molecule has 0 amide bonds. The van der Waals surface area contributed by atoms with Crippen LogP contribution >= 0.6 is 11.3 Å². The van der Waals surface area contributed by atoms with Gasteiger partial charge >= 0.3 is 5.97 Å². The average molecular weight is 332 g/mol. The Labute approximate surface area is 133 Å². The van der Waals surface area contributed by atoms with Crippen molar-refractivity contribution in [2.45, 2.75) is 64.9 Å². The fraction of sp³-hybridized carbons (Fsp3) is 0.714. The van der Waals surface area contributed by atoms with Gasteiger partial charge in [-0.05, 0) is 48.5 Å². The number of ether oxygens (including phenoxy) is 1. The van der Waals surface area contributed by atoms with Crippen LogP contribution in [0.3, 0.4) is 0 Å². The minimum atomic E-state index is -1.18. The number of aromatic nitrogens is 1. The summed E-state index contributed by atoms with van der Waals surface area (Å²) in [5, 5.41) is 0.716. The van der Waals surface area contributed by atoms with Crippen molar-refractivity contribution in [2.24, 2.45) is 0 Å². The van der Waals surface area contributed by atoms with Gasteiger partial charge in [-0.15, -0.1) is 11.3 Å². The summed E-state index contributed by atoms with van der Waals surface area (Å²) < 4.78 is 20.0. The van der Waals surface area contributed by atoms with E-state index < -0.39 is 16.6 Å². The van der Waals surface area contributed by atoms with E-state index in [1.54, 1.807) is 0 Å². The molecule has 1 rings (SSSR count). The number of nitrogens with zero attached hydrogens (tertiary/aromatic N) is 1. The molecule has 120 valence electrons. The van der Waals surface area contributed by atoms with Crippen LogP contribution in [0.4, 0.5) is 0 Å². The second-order valence-corrected chi connectivity index (χ2v) is 9.85.